The largest absolute Gasteiger partial charge is 0.369 e. The molecule has 0 bridgehead atoms. The van der Waals surface area contributed by atoms with Crippen molar-refractivity contribution in [3.63, 3.8) is 0 Å². The first-order chi connectivity index (χ1) is 18.5. The van der Waals surface area contributed by atoms with E-state index in [2.05, 4.69) is 37.6 Å². The Labute approximate surface area is 234 Å². The molecule has 1 aliphatic carbocycles. The van der Waals surface area contributed by atoms with E-state index >= 15 is 0 Å². The molecule has 2 aromatic carbocycles. The van der Waals surface area contributed by atoms with Crippen LogP contribution in [0, 0.1) is 5.92 Å². The fourth-order valence-corrected chi connectivity index (χ4v) is 5.18. The van der Waals surface area contributed by atoms with E-state index in [1.165, 1.54) is 5.69 Å². The number of nitrogens with one attached hydrogen (secondary N) is 2. The van der Waals surface area contributed by atoms with Gasteiger partial charge in [0.1, 0.15) is 5.84 Å². The topological polar surface area (TPSA) is 72.3 Å². The Kier molecular flexibility index (Phi) is 8.63. The molecule has 1 fully saturated rings. The van der Waals surface area contributed by atoms with Crippen LogP contribution < -0.4 is 15.5 Å². The summed E-state index contributed by atoms with van der Waals surface area (Å²) in [5.74, 6) is 0.754. The highest BCUT2D eigenvalue weighted by Gasteiger charge is 2.25. The number of amides is 1. The van der Waals surface area contributed by atoms with Gasteiger partial charge < -0.3 is 15.5 Å². The van der Waals surface area contributed by atoms with E-state index in [0.29, 0.717) is 23.8 Å². The van der Waals surface area contributed by atoms with Gasteiger partial charge in [0.25, 0.3) is 5.91 Å². The standard InChI is InChI=1S/C29H31ClN6OS/c30-23-5-3-6-24(19-23)36-17-15-35(16-18-36)14-4-13-31-28(37)22-11-9-21(10-12-22)20-32-27-25-7-1-2-8-26(25)33-29(38)34-27/h1-3,5-12,19,25H,4,13-18,20H2,(H,31,37)(H,32,34,38). The summed E-state index contributed by atoms with van der Waals surface area (Å²) in [6.07, 6.45) is 8.88. The minimum Gasteiger partial charge on any atom is -0.369 e. The first kappa shape index (κ1) is 26.3. The number of aliphatic imine (C=N–C) groups is 2. The van der Waals surface area contributed by atoms with Crippen molar-refractivity contribution in [2.45, 2.75) is 13.0 Å². The number of carbonyl (C=O) groups excluding carboxylic acids is 1. The molecule has 7 nitrogen and oxygen atoms in total. The van der Waals surface area contributed by atoms with Gasteiger partial charge >= 0.3 is 0 Å². The van der Waals surface area contributed by atoms with Crippen LogP contribution in [0.3, 0.4) is 0 Å². The van der Waals surface area contributed by atoms with Crippen LogP contribution in [0.1, 0.15) is 22.3 Å². The lowest BCUT2D eigenvalue weighted by molar-refractivity contribution is 0.0951. The number of hydrogen-bond acceptors (Lipinski definition) is 5. The molecule has 9 heteroatoms. The van der Waals surface area contributed by atoms with Crippen molar-refractivity contribution in [3.8, 4) is 0 Å². The van der Waals surface area contributed by atoms with Crippen LogP contribution in [0.25, 0.3) is 0 Å². The van der Waals surface area contributed by atoms with E-state index < -0.39 is 0 Å². The Hall–Kier alpha value is -3.33. The van der Waals surface area contributed by atoms with Gasteiger partial charge in [0, 0.05) is 49.0 Å². The van der Waals surface area contributed by atoms with E-state index in [-0.39, 0.29) is 11.8 Å². The second kappa shape index (κ2) is 12.5. The molecule has 0 spiro atoms. The quantitative estimate of drug-likeness (QED) is 0.382. The summed E-state index contributed by atoms with van der Waals surface area (Å²) >= 11 is 11.4. The van der Waals surface area contributed by atoms with E-state index in [1.54, 1.807) is 0 Å². The number of hydrogen-bond donors (Lipinski definition) is 2. The summed E-state index contributed by atoms with van der Waals surface area (Å²) in [5.41, 5.74) is 3.77. The highest BCUT2D eigenvalue weighted by atomic mass is 35.5. The number of halogens is 1. The van der Waals surface area contributed by atoms with Gasteiger partial charge in [-0.1, -0.05) is 48.0 Å². The fourth-order valence-electron chi connectivity index (χ4n) is 4.79. The molecule has 2 aromatic rings. The molecule has 0 radical (unpaired) electrons. The average Bonchev–Trinajstić information content (AvgIpc) is 2.94. The normalized spacial score (nSPS) is 20.2. The van der Waals surface area contributed by atoms with Crippen LogP contribution in [-0.4, -0.2) is 66.7 Å². The zero-order valence-corrected chi connectivity index (χ0v) is 22.7. The molecule has 3 aliphatic rings. The molecule has 38 heavy (non-hydrogen) atoms. The van der Waals surface area contributed by atoms with Crippen molar-refractivity contribution in [1.29, 1.82) is 0 Å². The molecule has 2 N–H and O–H groups in total. The fraction of sp³-hybridized carbons (Fsp3) is 0.310. The van der Waals surface area contributed by atoms with Crippen LogP contribution in [0.15, 0.2) is 82.8 Å². The number of piperazine rings is 1. The second-order valence-electron chi connectivity index (χ2n) is 9.50. The molecule has 1 amide bonds. The van der Waals surface area contributed by atoms with Crippen molar-refractivity contribution in [3.05, 3.63) is 89.0 Å². The Morgan fingerprint density at radius 3 is 2.74 bits per heavy atom. The second-order valence-corrected chi connectivity index (χ2v) is 10.3. The summed E-state index contributed by atoms with van der Waals surface area (Å²) in [4.78, 5) is 26.5. The summed E-state index contributed by atoms with van der Waals surface area (Å²) in [7, 11) is 0. The Morgan fingerprint density at radius 2 is 1.95 bits per heavy atom. The lowest BCUT2D eigenvalue weighted by Gasteiger charge is -2.36. The Balaban J connectivity index is 1.03. The van der Waals surface area contributed by atoms with Crippen molar-refractivity contribution in [2.24, 2.45) is 15.9 Å². The maximum Gasteiger partial charge on any atom is 0.251 e. The Morgan fingerprint density at radius 1 is 1.13 bits per heavy atom. The summed E-state index contributed by atoms with van der Waals surface area (Å²) in [5, 5.41) is 7.37. The number of rotatable bonds is 8. The molecule has 1 saturated heterocycles. The van der Waals surface area contributed by atoms with Gasteiger partial charge in [0.2, 0.25) is 0 Å². The van der Waals surface area contributed by atoms with Crippen LogP contribution >= 0.6 is 23.8 Å². The number of anilines is 1. The van der Waals surface area contributed by atoms with Gasteiger partial charge in [0.05, 0.1) is 18.2 Å². The molecule has 5 rings (SSSR count). The van der Waals surface area contributed by atoms with Gasteiger partial charge in [-0.15, -0.1) is 0 Å². The number of nitrogens with zero attached hydrogens (tertiary/aromatic N) is 4. The van der Waals surface area contributed by atoms with Crippen LogP contribution in [0.4, 0.5) is 5.69 Å². The minimum absolute atomic E-state index is 0.00332. The number of benzene rings is 2. The van der Waals surface area contributed by atoms with Gasteiger partial charge in [-0.3, -0.25) is 14.7 Å². The van der Waals surface area contributed by atoms with Crippen molar-refractivity contribution < 1.29 is 4.79 Å². The highest BCUT2D eigenvalue weighted by Crippen LogP contribution is 2.21. The maximum atomic E-state index is 12.6. The third-order valence-corrected chi connectivity index (χ3v) is 7.32. The first-order valence-corrected chi connectivity index (χ1v) is 13.7. The molecule has 0 saturated carbocycles. The molecule has 2 aliphatic heterocycles. The van der Waals surface area contributed by atoms with Crippen molar-refractivity contribution in [1.82, 2.24) is 15.5 Å². The number of fused-ring (bicyclic) bond motifs is 1. The molecule has 0 aromatic heterocycles. The van der Waals surface area contributed by atoms with Crippen molar-refractivity contribution >= 4 is 52.1 Å². The van der Waals surface area contributed by atoms with Gasteiger partial charge in [0.15, 0.2) is 5.11 Å². The lowest BCUT2D eigenvalue weighted by Crippen LogP contribution is -2.47. The van der Waals surface area contributed by atoms with E-state index in [1.807, 2.05) is 60.7 Å². The van der Waals surface area contributed by atoms with E-state index in [4.69, 9.17) is 28.8 Å². The van der Waals surface area contributed by atoms with E-state index in [0.717, 1.165) is 61.3 Å². The average molecular weight is 547 g/mol. The zero-order chi connectivity index (χ0) is 26.3. The number of amidine groups is 1. The van der Waals surface area contributed by atoms with Crippen LogP contribution in [0.5, 0.6) is 0 Å². The summed E-state index contributed by atoms with van der Waals surface area (Å²) in [6.45, 7) is 6.11. The molecule has 196 valence electrons. The molecular formula is C29H31ClN6OS. The van der Waals surface area contributed by atoms with Gasteiger partial charge in [-0.2, -0.15) is 0 Å². The summed E-state index contributed by atoms with van der Waals surface area (Å²) in [6, 6.07) is 15.6. The van der Waals surface area contributed by atoms with Gasteiger partial charge in [-0.05, 0) is 67.2 Å². The predicted molar refractivity (Wildman–Crippen MR) is 160 cm³/mol. The number of carbonyl (C=O) groups is 1. The molecule has 2 heterocycles. The monoisotopic (exact) mass is 546 g/mol. The summed E-state index contributed by atoms with van der Waals surface area (Å²) < 4.78 is 0. The first-order valence-electron chi connectivity index (χ1n) is 12.9. The molecule has 1 unspecified atom stereocenters. The third-order valence-electron chi connectivity index (χ3n) is 6.89. The van der Waals surface area contributed by atoms with Crippen LogP contribution in [0.2, 0.25) is 5.02 Å². The number of thiocarbonyl (C=S) groups is 1. The zero-order valence-electron chi connectivity index (χ0n) is 21.1. The van der Waals surface area contributed by atoms with Crippen LogP contribution in [-0.2, 0) is 6.54 Å². The van der Waals surface area contributed by atoms with Gasteiger partial charge in [-0.25, -0.2) is 4.99 Å². The predicted octanol–water partition coefficient (Wildman–Crippen LogP) is 4.25. The third kappa shape index (κ3) is 6.75. The number of allylic oxidation sites excluding steroid dienone is 3. The SMILES string of the molecule is O=C(NCCCN1CCN(c2cccc(Cl)c2)CC1)c1ccc(CN=C2NC(=S)N=C3C=CC=CC32)cc1. The molecule has 1 atom stereocenters. The minimum atomic E-state index is -0.0482. The maximum absolute atomic E-state index is 12.6. The van der Waals surface area contributed by atoms with Crippen molar-refractivity contribution in [2.75, 3.05) is 44.2 Å². The smallest absolute Gasteiger partial charge is 0.251 e. The lowest BCUT2D eigenvalue weighted by atomic mass is 9.96. The highest BCUT2D eigenvalue weighted by molar-refractivity contribution is 7.80. The van der Waals surface area contributed by atoms with E-state index in [9.17, 15) is 4.79 Å². The molecular weight excluding hydrogens is 516 g/mol. The Bertz CT molecular complexity index is 1290.